The smallest absolute Gasteiger partial charge is 0.338 e. The number of carbonyl (C=O) groups is 2. The molecule has 0 fully saturated rings. The number of carbonyl (C=O) groups excluding carboxylic acids is 2. The van der Waals surface area contributed by atoms with Gasteiger partial charge in [-0.1, -0.05) is 77.5 Å². The Labute approximate surface area is 290 Å². The van der Waals surface area contributed by atoms with Crippen molar-refractivity contribution >= 4 is 46.6 Å². The standard InChI is InChI=1S/C38H30ClFN2O6S/c1-3-46-36(44)26-12-10-23(11-13-26)22-48-30-19-16-28(39)20-27(30)21-31-35(43)42-34(25-14-17-29(40)18-15-25)32(37(45)47-4-2)33(41-38(42)49-31)24-8-6-5-7-9-24/h5-21,34H,3-4,22H2,1-2H3/b31-21-/t34-/m1/s1. The molecule has 1 aliphatic heterocycles. The van der Waals surface area contributed by atoms with Crippen LogP contribution < -0.4 is 19.6 Å². The molecule has 5 aromatic rings. The molecule has 1 atom stereocenters. The lowest BCUT2D eigenvalue weighted by Gasteiger charge is -2.25. The van der Waals surface area contributed by atoms with Crippen molar-refractivity contribution < 1.29 is 28.2 Å². The Bertz CT molecular complexity index is 2230. The lowest BCUT2D eigenvalue weighted by molar-refractivity contribution is -0.138. The quantitative estimate of drug-likeness (QED) is 0.155. The SMILES string of the molecule is CCOC(=O)C1=C(c2ccccc2)N=c2s/c(=C\c3cc(Cl)ccc3OCc3ccc(C(=O)OCC)cc3)c(=O)n2[C@@H]1c1ccc(F)cc1. The number of thiazole rings is 1. The highest BCUT2D eigenvalue weighted by atomic mass is 35.5. The number of rotatable bonds is 10. The largest absolute Gasteiger partial charge is 0.488 e. The summed E-state index contributed by atoms with van der Waals surface area (Å²) in [5.41, 5.74) is 3.10. The molecule has 0 saturated carbocycles. The van der Waals surface area contributed by atoms with Crippen LogP contribution in [0.5, 0.6) is 5.75 Å². The maximum absolute atomic E-state index is 14.3. The van der Waals surface area contributed by atoms with Crippen molar-refractivity contribution in [1.82, 2.24) is 4.57 Å². The third-order valence-corrected chi connectivity index (χ3v) is 8.90. The van der Waals surface area contributed by atoms with Gasteiger partial charge in [0, 0.05) is 16.1 Å². The van der Waals surface area contributed by atoms with Gasteiger partial charge >= 0.3 is 11.9 Å². The predicted octanol–water partition coefficient (Wildman–Crippen LogP) is 6.48. The molecule has 0 N–H and O–H groups in total. The molecule has 248 valence electrons. The van der Waals surface area contributed by atoms with Crippen molar-refractivity contribution in [3.05, 3.63) is 161 Å². The maximum atomic E-state index is 14.3. The van der Waals surface area contributed by atoms with Crippen molar-refractivity contribution in [3.63, 3.8) is 0 Å². The normalized spacial score (nSPS) is 14.2. The van der Waals surface area contributed by atoms with Crippen LogP contribution in [0.1, 0.15) is 52.5 Å². The first-order valence-corrected chi connectivity index (χ1v) is 16.7. The zero-order chi connectivity index (χ0) is 34.5. The van der Waals surface area contributed by atoms with E-state index in [4.69, 9.17) is 30.8 Å². The highest BCUT2D eigenvalue weighted by Gasteiger charge is 2.35. The number of halogens is 2. The molecule has 6 rings (SSSR count). The molecular formula is C38H30ClFN2O6S. The number of fused-ring (bicyclic) bond motifs is 1. The van der Waals surface area contributed by atoms with Crippen molar-refractivity contribution in [1.29, 1.82) is 0 Å². The molecular weight excluding hydrogens is 667 g/mol. The average molecular weight is 697 g/mol. The number of hydrogen-bond acceptors (Lipinski definition) is 8. The Morgan fingerprint density at radius 3 is 2.31 bits per heavy atom. The molecule has 0 aliphatic carbocycles. The fourth-order valence-corrected chi connectivity index (χ4v) is 6.59. The molecule has 2 heterocycles. The Morgan fingerprint density at radius 2 is 1.61 bits per heavy atom. The molecule has 0 amide bonds. The monoisotopic (exact) mass is 696 g/mol. The second kappa shape index (κ2) is 14.8. The van der Waals surface area contributed by atoms with E-state index in [1.807, 2.05) is 30.3 Å². The van der Waals surface area contributed by atoms with Crippen molar-refractivity contribution in [2.45, 2.75) is 26.5 Å². The number of benzene rings is 4. The molecule has 4 aromatic carbocycles. The van der Waals surface area contributed by atoms with Gasteiger partial charge in [0.05, 0.1) is 40.6 Å². The summed E-state index contributed by atoms with van der Waals surface area (Å²) >= 11 is 7.54. The minimum absolute atomic E-state index is 0.109. The summed E-state index contributed by atoms with van der Waals surface area (Å²) < 4.78 is 32.5. The van der Waals surface area contributed by atoms with Gasteiger partial charge in [-0.25, -0.2) is 19.0 Å². The second-order valence-electron chi connectivity index (χ2n) is 10.9. The highest BCUT2D eigenvalue weighted by Crippen LogP contribution is 2.35. The van der Waals surface area contributed by atoms with Gasteiger partial charge < -0.3 is 14.2 Å². The summed E-state index contributed by atoms with van der Waals surface area (Å²) in [5, 5.41) is 0.435. The lowest BCUT2D eigenvalue weighted by Crippen LogP contribution is -2.40. The van der Waals surface area contributed by atoms with E-state index in [2.05, 4.69) is 0 Å². The van der Waals surface area contributed by atoms with Gasteiger partial charge in [-0.15, -0.1) is 0 Å². The zero-order valence-corrected chi connectivity index (χ0v) is 28.1. The van der Waals surface area contributed by atoms with E-state index < -0.39 is 29.4 Å². The van der Waals surface area contributed by atoms with Crippen LogP contribution in [0, 0.1) is 5.82 Å². The molecule has 11 heteroatoms. The van der Waals surface area contributed by atoms with Gasteiger partial charge in [-0.3, -0.25) is 9.36 Å². The Kier molecular flexibility index (Phi) is 10.2. The van der Waals surface area contributed by atoms with Crippen LogP contribution in [0.3, 0.4) is 0 Å². The third-order valence-electron chi connectivity index (χ3n) is 7.68. The average Bonchev–Trinajstić information content (AvgIpc) is 3.42. The van der Waals surface area contributed by atoms with E-state index in [0.717, 1.165) is 16.9 Å². The first-order valence-electron chi connectivity index (χ1n) is 15.5. The summed E-state index contributed by atoms with van der Waals surface area (Å²) in [7, 11) is 0. The van der Waals surface area contributed by atoms with Gasteiger partial charge in [0.15, 0.2) is 4.80 Å². The molecule has 0 radical (unpaired) electrons. The highest BCUT2D eigenvalue weighted by molar-refractivity contribution is 7.07. The molecule has 0 bridgehead atoms. The summed E-state index contributed by atoms with van der Waals surface area (Å²) in [6.45, 7) is 4.03. The zero-order valence-electron chi connectivity index (χ0n) is 26.5. The van der Waals surface area contributed by atoms with Crippen LogP contribution in [0.15, 0.2) is 112 Å². The van der Waals surface area contributed by atoms with Crippen LogP contribution in [0.4, 0.5) is 4.39 Å². The summed E-state index contributed by atoms with van der Waals surface area (Å²) in [6.07, 6.45) is 1.67. The van der Waals surface area contributed by atoms with Crippen LogP contribution in [0.25, 0.3) is 11.8 Å². The molecule has 0 saturated heterocycles. The number of esters is 2. The topological polar surface area (TPSA) is 96.2 Å². The van der Waals surface area contributed by atoms with E-state index in [9.17, 15) is 18.8 Å². The minimum Gasteiger partial charge on any atom is -0.488 e. The molecule has 1 aliphatic rings. The van der Waals surface area contributed by atoms with Gasteiger partial charge in [0.25, 0.3) is 5.56 Å². The molecule has 0 unspecified atom stereocenters. The minimum atomic E-state index is -0.944. The Balaban J connectivity index is 1.45. The molecule has 49 heavy (non-hydrogen) atoms. The van der Waals surface area contributed by atoms with Gasteiger partial charge in [-0.2, -0.15) is 0 Å². The number of ether oxygens (including phenoxy) is 3. The summed E-state index contributed by atoms with van der Waals surface area (Å²) in [4.78, 5) is 45.1. The summed E-state index contributed by atoms with van der Waals surface area (Å²) in [6, 6.07) is 25.9. The van der Waals surface area contributed by atoms with Gasteiger partial charge in [0.1, 0.15) is 18.2 Å². The Hall–Kier alpha value is -5.32. The molecule has 8 nitrogen and oxygen atoms in total. The van der Waals surface area contributed by atoms with Crippen LogP contribution in [-0.2, 0) is 20.9 Å². The summed E-state index contributed by atoms with van der Waals surface area (Å²) in [5.74, 6) is -1.01. The van der Waals surface area contributed by atoms with E-state index in [0.29, 0.717) is 48.1 Å². The number of aromatic nitrogens is 1. The van der Waals surface area contributed by atoms with Crippen molar-refractivity contribution in [2.24, 2.45) is 4.99 Å². The van der Waals surface area contributed by atoms with Gasteiger partial charge in [0.2, 0.25) is 0 Å². The van der Waals surface area contributed by atoms with Crippen molar-refractivity contribution in [3.8, 4) is 5.75 Å². The molecule has 1 aromatic heterocycles. The maximum Gasteiger partial charge on any atom is 0.338 e. The van der Waals surface area contributed by atoms with E-state index in [1.54, 1.807) is 74.5 Å². The van der Waals surface area contributed by atoms with Gasteiger partial charge in [-0.05, 0) is 73.5 Å². The first-order chi connectivity index (χ1) is 23.8. The fraction of sp³-hybridized carbons (Fsp3) is 0.158. The lowest BCUT2D eigenvalue weighted by atomic mass is 9.93. The number of hydrogen-bond donors (Lipinski definition) is 0. The van der Waals surface area contributed by atoms with Crippen LogP contribution >= 0.6 is 22.9 Å². The number of nitrogens with zero attached hydrogens (tertiary/aromatic N) is 2. The fourth-order valence-electron chi connectivity index (χ4n) is 5.42. The van der Waals surface area contributed by atoms with E-state index in [1.165, 1.54) is 16.7 Å². The third kappa shape index (κ3) is 7.25. The predicted molar refractivity (Wildman–Crippen MR) is 186 cm³/mol. The second-order valence-corrected chi connectivity index (χ2v) is 12.3. The van der Waals surface area contributed by atoms with Crippen molar-refractivity contribution in [2.75, 3.05) is 13.2 Å². The van der Waals surface area contributed by atoms with E-state index in [-0.39, 0.29) is 25.4 Å². The van der Waals surface area contributed by atoms with Crippen LogP contribution in [0.2, 0.25) is 5.02 Å². The molecule has 0 spiro atoms. The first kappa shape index (κ1) is 33.6. The van der Waals surface area contributed by atoms with E-state index >= 15 is 0 Å². The van der Waals surface area contributed by atoms with Crippen LogP contribution in [-0.4, -0.2) is 29.7 Å². The Morgan fingerprint density at radius 1 is 0.918 bits per heavy atom.